The molecule has 0 aliphatic heterocycles. The molecule has 0 saturated carbocycles. The maximum Gasteiger partial charge on any atom is 0.247 e. The summed E-state index contributed by atoms with van der Waals surface area (Å²) in [5.41, 5.74) is 6.95. The smallest absolute Gasteiger partial charge is 0.247 e. The lowest BCUT2D eigenvalue weighted by molar-refractivity contribution is -0.122. The average Bonchev–Trinajstić information content (AvgIpc) is 2.42. The highest BCUT2D eigenvalue weighted by Crippen LogP contribution is 2.26. The van der Waals surface area contributed by atoms with E-state index in [0.717, 1.165) is 11.3 Å². The van der Waals surface area contributed by atoms with Gasteiger partial charge in [0.1, 0.15) is 11.4 Å². The molecule has 1 atom stereocenters. The highest BCUT2D eigenvalue weighted by atomic mass is 19.1. The van der Waals surface area contributed by atoms with Crippen molar-refractivity contribution < 1.29 is 9.18 Å². The van der Waals surface area contributed by atoms with Crippen molar-refractivity contribution in [3.8, 4) is 0 Å². The van der Waals surface area contributed by atoms with Crippen molar-refractivity contribution in [3.05, 3.63) is 65.5 Å². The summed E-state index contributed by atoms with van der Waals surface area (Å²) in [5, 5.41) is 3.12. The summed E-state index contributed by atoms with van der Waals surface area (Å²) < 4.78 is 13.0. The molecule has 2 aromatic rings. The summed E-state index contributed by atoms with van der Waals surface area (Å²) in [5.74, 6) is -0.874. The van der Waals surface area contributed by atoms with Crippen molar-refractivity contribution in [3.63, 3.8) is 0 Å². The summed E-state index contributed by atoms with van der Waals surface area (Å²) in [6.45, 7) is 3.67. The van der Waals surface area contributed by atoms with Crippen LogP contribution in [-0.2, 0) is 10.3 Å². The molecule has 0 radical (unpaired) electrons. The van der Waals surface area contributed by atoms with Gasteiger partial charge in [0.05, 0.1) is 0 Å². The monoisotopic (exact) mass is 272 g/mol. The van der Waals surface area contributed by atoms with Crippen LogP contribution < -0.4 is 11.1 Å². The minimum absolute atomic E-state index is 0.351. The molecular formula is C16H17FN2O. The van der Waals surface area contributed by atoms with Crippen LogP contribution in [0.3, 0.4) is 0 Å². The van der Waals surface area contributed by atoms with Crippen LogP contribution in [0.15, 0.2) is 48.5 Å². The number of nitrogens with two attached hydrogens (primary N) is 1. The molecular weight excluding hydrogens is 255 g/mol. The van der Waals surface area contributed by atoms with Gasteiger partial charge in [-0.15, -0.1) is 0 Å². The summed E-state index contributed by atoms with van der Waals surface area (Å²) in [4.78, 5) is 11.8. The van der Waals surface area contributed by atoms with E-state index >= 15 is 0 Å². The van der Waals surface area contributed by atoms with Gasteiger partial charge in [-0.2, -0.15) is 0 Å². The van der Waals surface area contributed by atoms with Gasteiger partial charge >= 0.3 is 0 Å². The van der Waals surface area contributed by atoms with Crippen molar-refractivity contribution in [2.75, 3.05) is 5.32 Å². The number of hydrogen-bond acceptors (Lipinski definition) is 2. The standard InChI is InChI=1S/C16H17FN2O/c1-11-3-9-14(10-4-11)19-16(2,15(18)20)12-5-7-13(17)8-6-12/h3-10,19H,1-2H3,(H2,18,20). The Kier molecular flexibility index (Phi) is 3.74. The summed E-state index contributed by atoms with van der Waals surface area (Å²) in [7, 11) is 0. The number of benzene rings is 2. The van der Waals surface area contributed by atoms with E-state index < -0.39 is 11.4 Å². The van der Waals surface area contributed by atoms with Gasteiger partial charge in [-0.05, 0) is 43.7 Å². The lowest BCUT2D eigenvalue weighted by atomic mass is 9.90. The van der Waals surface area contributed by atoms with Crippen molar-refractivity contribution >= 4 is 11.6 Å². The van der Waals surface area contributed by atoms with Crippen LogP contribution in [-0.4, -0.2) is 5.91 Å². The third kappa shape index (κ3) is 2.79. The van der Waals surface area contributed by atoms with Crippen LogP contribution in [0.5, 0.6) is 0 Å². The molecule has 0 saturated heterocycles. The number of carbonyl (C=O) groups excluding carboxylic acids is 1. The van der Waals surface area contributed by atoms with E-state index in [1.165, 1.54) is 12.1 Å². The molecule has 0 bridgehead atoms. The number of nitrogens with one attached hydrogen (secondary N) is 1. The molecule has 0 aliphatic carbocycles. The van der Waals surface area contributed by atoms with Gasteiger partial charge in [-0.25, -0.2) is 4.39 Å². The predicted octanol–water partition coefficient (Wildman–Crippen LogP) is 2.95. The Morgan fingerprint density at radius 3 is 2.15 bits per heavy atom. The molecule has 3 nitrogen and oxygen atoms in total. The Labute approximate surface area is 117 Å². The minimum Gasteiger partial charge on any atom is -0.368 e. The van der Waals surface area contributed by atoms with Crippen LogP contribution in [0.1, 0.15) is 18.1 Å². The number of anilines is 1. The van der Waals surface area contributed by atoms with Crippen LogP contribution in [0, 0.1) is 12.7 Å². The molecule has 0 heterocycles. The van der Waals surface area contributed by atoms with Crippen molar-refractivity contribution in [1.29, 1.82) is 0 Å². The highest BCUT2D eigenvalue weighted by Gasteiger charge is 2.33. The first kappa shape index (κ1) is 14.1. The molecule has 2 rings (SSSR count). The number of hydrogen-bond donors (Lipinski definition) is 2. The Bertz CT molecular complexity index is 607. The zero-order valence-corrected chi connectivity index (χ0v) is 11.5. The molecule has 0 aliphatic rings. The lowest BCUT2D eigenvalue weighted by Gasteiger charge is -2.29. The molecule has 2 aromatic carbocycles. The fourth-order valence-electron chi connectivity index (χ4n) is 1.98. The SMILES string of the molecule is Cc1ccc(NC(C)(C(N)=O)c2ccc(F)cc2)cc1. The van der Waals surface area contributed by atoms with Gasteiger partial charge in [-0.3, -0.25) is 4.79 Å². The summed E-state index contributed by atoms with van der Waals surface area (Å²) in [6, 6.07) is 13.4. The molecule has 104 valence electrons. The van der Waals surface area contributed by atoms with Crippen molar-refractivity contribution in [2.45, 2.75) is 19.4 Å². The van der Waals surface area contributed by atoms with Crippen molar-refractivity contribution in [1.82, 2.24) is 0 Å². The first-order chi connectivity index (χ1) is 9.41. The number of halogens is 1. The van der Waals surface area contributed by atoms with Crippen LogP contribution in [0.4, 0.5) is 10.1 Å². The Morgan fingerprint density at radius 1 is 1.10 bits per heavy atom. The van der Waals surface area contributed by atoms with Crippen molar-refractivity contribution in [2.24, 2.45) is 5.73 Å². The molecule has 0 spiro atoms. The van der Waals surface area contributed by atoms with Gasteiger partial charge in [0.2, 0.25) is 5.91 Å². The molecule has 0 fully saturated rings. The molecule has 4 heteroatoms. The number of amides is 1. The normalized spacial score (nSPS) is 13.6. The van der Waals surface area contributed by atoms with E-state index in [1.54, 1.807) is 19.1 Å². The van der Waals surface area contributed by atoms with E-state index in [4.69, 9.17) is 5.73 Å². The van der Waals surface area contributed by atoms with Gasteiger partial charge in [0.25, 0.3) is 0 Å². The fraction of sp³-hybridized carbons (Fsp3) is 0.188. The number of rotatable bonds is 4. The Hall–Kier alpha value is -2.36. The van der Waals surface area contributed by atoms with E-state index in [1.807, 2.05) is 31.2 Å². The third-order valence-electron chi connectivity index (χ3n) is 3.36. The molecule has 1 unspecified atom stereocenters. The van der Waals surface area contributed by atoms with Crippen LogP contribution in [0.2, 0.25) is 0 Å². The fourth-order valence-corrected chi connectivity index (χ4v) is 1.98. The molecule has 20 heavy (non-hydrogen) atoms. The highest BCUT2D eigenvalue weighted by molar-refractivity contribution is 5.88. The number of carbonyl (C=O) groups is 1. The second-order valence-corrected chi connectivity index (χ2v) is 4.99. The van der Waals surface area contributed by atoms with E-state index in [2.05, 4.69) is 5.32 Å². The Balaban J connectivity index is 2.37. The Morgan fingerprint density at radius 2 is 1.65 bits per heavy atom. The summed E-state index contributed by atoms with van der Waals surface area (Å²) in [6.07, 6.45) is 0. The summed E-state index contributed by atoms with van der Waals surface area (Å²) >= 11 is 0. The largest absolute Gasteiger partial charge is 0.368 e. The number of aryl methyl sites for hydroxylation is 1. The van der Waals surface area contributed by atoms with Gasteiger partial charge < -0.3 is 11.1 Å². The van der Waals surface area contributed by atoms with Gasteiger partial charge in [-0.1, -0.05) is 29.8 Å². The third-order valence-corrected chi connectivity index (χ3v) is 3.36. The molecule has 0 aromatic heterocycles. The average molecular weight is 272 g/mol. The van der Waals surface area contributed by atoms with E-state index in [-0.39, 0.29) is 5.82 Å². The number of primary amides is 1. The molecule has 3 N–H and O–H groups in total. The van der Waals surface area contributed by atoms with E-state index in [0.29, 0.717) is 5.56 Å². The quantitative estimate of drug-likeness (QED) is 0.899. The van der Waals surface area contributed by atoms with E-state index in [9.17, 15) is 9.18 Å². The zero-order valence-electron chi connectivity index (χ0n) is 11.5. The maximum absolute atomic E-state index is 13.0. The maximum atomic E-state index is 13.0. The van der Waals surface area contributed by atoms with Gasteiger partial charge in [0, 0.05) is 5.69 Å². The van der Waals surface area contributed by atoms with Gasteiger partial charge in [0.15, 0.2) is 0 Å². The predicted molar refractivity (Wildman–Crippen MR) is 77.7 cm³/mol. The second kappa shape index (κ2) is 5.33. The molecule has 1 amide bonds. The lowest BCUT2D eigenvalue weighted by Crippen LogP contribution is -2.45. The first-order valence-corrected chi connectivity index (χ1v) is 6.32. The first-order valence-electron chi connectivity index (χ1n) is 6.32. The van der Waals surface area contributed by atoms with Crippen LogP contribution >= 0.6 is 0 Å². The second-order valence-electron chi connectivity index (χ2n) is 4.99. The minimum atomic E-state index is -1.09. The topological polar surface area (TPSA) is 55.1 Å². The zero-order chi connectivity index (χ0) is 14.8. The van der Waals surface area contributed by atoms with Crippen LogP contribution in [0.25, 0.3) is 0 Å².